The molecule has 1 aliphatic rings. The van der Waals surface area contributed by atoms with Crippen LogP contribution in [0.3, 0.4) is 0 Å². The number of rotatable bonds is 6. The topological polar surface area (TPSA) is 48.4 Å². The van der Waals surface area contributed by atoms with Crippen molar-refractivity contribution in [3.05, 3.63) is 186 Å². The third kappa shape index (κ3) is 4.89. The first-order valence-electron chi connectivity index (χ1n) is 14.0. The molecule has 200 valence electrons. The van der Waals surface area contributed by atoms with Gasteiger partial charge in [0, 0.05) is 28.0 Å². The Labute approximate surface area is 245 Å². The van der Waals surface area contributed by atoms with Gasteiger partial charge in [-0.1, -0.05) is 133 Å². The van der Waals surface area contributed by atoms with Crippen molar-refractivity contribution in [2.45, 2.75) is 0 Å². The van der Waals surface area contributed by atoms with E-state index >= 15 is 0 Å². The number of hydrogen-bond donors (Lipinski definition) is 2. The fraction of sp³-hybridized carbons (Fsp3) is 0. The van der Waals surface area contributed by atoms with Crippen molar-refractivity contribution in [3.63, 3.8) is 0 Å². The van der Waals surface area contributed by atoms with Crippen LogP contribution in [0.5, 0.6) is 5.75 Å². The van der Waals surface area contributed by atoms with Crippen LogP contribution < -0.4 is 0 Å². The SMILES string of the molecule is Oc1ccc(/C(=C2/N=C(c3ccccc3)C=C2c2ccccc2)c2[nH]c(-c3ccccc3)cc2-c2ccccc2)cc1. The molecule has 0 saturated carbocycles. The van der Waals surface area contributed by atoms with E-state index in [1.54, 1.807) is 12.1 Å². The molecule has 7 rings (SSSR count). The van der Waals surface area contributed by atoms with Gasteiger partial charge in [0.05, 0.1) is 17.1 Å². The van der Waals surface area contributed by atoms with Crippen LogP contribution in [0, 0.1) is 0 Å². The maximum absolute atomic E-state index is 10.2. The lowest BCUT2D eigenvalue weighted by atomic mass is 9.91. The number of phenols is 1. The third-order valence-corrected chi connectivity index (χ3v) is 7.55. The summed E-state index contributed by atoms with van der Waals surface area (Å²) in [6, 6.07) is 51.2. The molecule has 0 aliphatic carbocycles. The molecule has 0 spiro atoms. The molecular formula is C39H28N2O. The first kappa shape index (κ1) is 25.3. The van der Waals surface area contributed by atoms with Crippen LogP contribution in [0.25, 0.3) is 33.5 Å². The standard InChI is InChI=1S/C39H28N2O/c42-32-23-21-31(22-24-32)37(38-33(27-13-5-1-6-14-27)25-35(40-38)29-17-9-3-10-18-29)39-34(28-15-7-2-8-16-28)26-36(41-39)30-19-11-4-12-20-30/h1-26,40,42H/b39-37-. The van der Waals surface area contributed by atoms with Crippen LogP contribution >= 0.6 is 0 Å². The Morgan fingerprint density at radius 1 is 0.548 bits per heavy atom. The minimum absolute atomic E-state index is 0.224. The molecule has 2 heterocycles. The molecule has 0 unspecified atom stereocenters. The molecule has 0 atom stereocenters. The summed E-state index contributed by atoms with van der Waals surface area (Å²) >= 11 is 0. The quantitative estimate of drug-likeness (QED) is 0.217. The number of aromatic nitrogens is 1. The first-order valence-corrected chi connectivity index (χ1v) is 14.0. The summed E-state index contributed by atoms with van der Waals surface area (Å²) in [5.74, 6) is 0.224. The molecule has 2 N–H and O–H groups in total. The van der Waals surface area contributed by atoms with E-state index in [1.165, 1.54) is 0 Å². The average molecular weight is 541 g/mol. The van der Waals surface area contributed by atoms with Gasteiger partial charge in [-0.3, -0.25) is 0 Å². The molecule has 0 amide bonds. The Morgan fingerprint density at radius 3 is 1.67 bits per heavy atom. The average Bonchev–Trinajstić information content (AvgIpc) is 3.70. The van der Waals surface area contributed by atoms with E-state index in [9.17, 15) is 5.11 Å². The molecule has 0 bridgehead atoms. The second kappa shape index (κ2) is 11.1. The van der Waals surface area contributed by atoms with Gasteiger partial charge in [-0.05, 0) is 46.5 Å². The van der Waals surface area contributed by atoms with Gasteiger partial charge in [0.1, 0.15) is 5.75 Å². The second-order valence-electron chi connectivity index (χ2n) is 10.3. The van der Waals surface area contributed by atoms with Crippen LogP contribution in [0.1, 0.15) is 22.4 Å². The summed E-state index contributed by atoms with van der Waals surface area (Å²) < 4.78 is 0. The van der Waals surface area contributed by atoms with Gasteiger partial charge >= 0.3 is 0 Å². The number of aliphatic imine (C=N–C) groups is 1. The molecule has 1 aliphatic heterocycles. The van der Waals surface area contributed by atoms with Gasteiger partial charge in [0.25, 0.3) is 0 Å². The fourth-order valence-electron chi connectivity index (χ4n) is 5.50. The lowest BCUT2D eigenvalue weighted by molar-refractivity contribution is 0.475. The van der Waals surface area contributed by atoms with E-state index in [0.29, 0.717) is 0 Å². The molecule has 3 nitrogen and oxygen atoms in total. The first-order chi connectivity index (χ1) is 20.7. The number of nitrogens with zero attached hydrogens (tertiary/aromatic N) is 1. The zero-order valence-corrected chi connectivity index (χ0v) is 22.9. The van der Waals surface area contributed by atoms with E-state index in [0.717, 1.165) is 67.3 Å². The molecule has 6 aromatic rings. The van der Waals surface area contributed by atoms with Crippen LogP contribution in [-0.2, 0) is 0 Å². The number of nitrogens with one attached hydrogen (secondary N) is 1. The van der Waals surface area contributed by atoms with E-state index < -0.39 is 0 Å². The third-order valence-electron chi connectivity index (χ3n) is 7.55. The van der Waals surface area contributed by atoms with Gasteiger partial charge in [-0.25, -0.2) is 4.99 Å². The second-order valence-corrected chi connectivity index (χ2v) is 10.3. The Morgan fingerprint density at radius 2 is 1.07 bits per heavy atom. The zero-order valence-electron chi connectivity index (χ0n) is 22.9. The Hall–Kier alpha value is -5.67. The summed E-state index contributed by atoms with van der Waals surface area (Å²) in [5, 5.41) is 10.2. The highest BCUT2D eigenvalue weighted by Crippen LogP contribution is 2.43. The maximum atomic E-state index is 10.2. The summed E-state index contributed by atoms with van der Waals surface area (Å²) in [5.41, 5.74) is 12.2. The van der Waals surface area contributed by atoms with Crippen molar-refractivity contribution < 1.29 is 5.11 Å². The normalized spacial score (nSPS) is 13.9. The number of benzene rings is 5. The number of allylic oxidation sites excluding steroid dienone is 2. The predicted octanol–water partition coefficient (Wildman–Crippen LogP) is 9.40. The lowest BCUT2D eigenvalue weighted by Gasteiger charge is -2.15. The number of hydrogen-bond acceptors (Lipinski definition) is 2. The van der Waals surface area contributed by atoms with Crippen molar-refractivity contribution in [3.8, 4) is 28.1 Å². The summed E-state index contributed by atoms with van der Waals surface area (Å²) in [6.45, 7) is 0. The van der Waals surface area contributed by atoms with Gasteiger partial charge in [-0.15, -0.1) is 0 Å². The summed E-state index contributed by atoms with van der Waals surface area (Å²) in [7, 11) is 0. The summed E-state index contributed by atoms with van der Waals surface area (Å²) in [6.07, 6.45) is 2.18. The molecule has 1 aromatic heterocycles. The monoisotopic (exact) mass is 540 g/mol. The van der Waals surface area contributed by atoms with Gasteiger partial charge < -0.3 is 10.1 Å². The smallest absolute Gasteiger partial charge is 0.115 e. The van der Waals surface area contributed by atoms with E-state index in [4.69, 9.17) is 4.99 Å². The number of phenolic OH excluding ortho intramolecular Hbond substituents is 1. The highest BCUT2D eigenvalue weighted by Gasteiger charge is 2.26. The van der Waals surface area contributed by atoms with Crippen molar-refractivity contribution in [2.75, 3.05) is 0 Å². The van der Waals surface area contributed by atoms with Gasteiger partial charge in [0.2, 0.25) is 0 Å². The van der Waals surface area contributed by atoms with Gasteiger partial charge in [-0.2, -0.15) is 0 Å². The fourth-order valence-corrected chi connectivity index (χ4v) is 5.50. The van der Waals surface area contributed by atoms with Crippen LogP contribution in [-0.4, -0.2) is 15.8 Å². The molecule has 3 heteroatoms. The molecule has 0 fully saturated rings. The zero-order chi connectivity index (χ0) is 28.3. The molecule has 0 saturated heterocycles. The number of aromatic hydroxyl groups is 1. The largest absolute Gasteiger partial charge is 0.508 e. The number of aromatic amines is 1. The minimum atomic E-state index is 0.224. The van der Waals surface area contributed by atoms with Crippen LogP contribution in [0.2, 0.25) is 0 Å². The van der Waals surface area contributed by atoms with Crippen molar-refractivity contribution >= 4 is 16.9 Å². The van der Waals surface area contributed by atoms with E-state index in [2.05, 4.69) is 102 Å². The van der Waals surface area contributed by atoms with Crippen LogP contribution in [0.4, 0.5) is 0 Å². The van der Waals surface area contributed by atoms with E-state index in [-0.39, 0.29) is 5.75 Å². The maximum Gasteiger partial charge on any atom is 0.115 e. The Bertz CT molecular complexity index is 1930. The summed E-state index contributed by atoms with van der Waals surface area (Å²) in [4.78, 5) is 9.13. The Balaban J connectivity index is 1.56. The van der Waals surface area contributed by atoms with Crippen LogP contribution in [0.15, 0.2) is 168 Å². The minimum Gasteiger partial charge on any atom is -0.508 e. The van der Waals surface area contributed by atoms with Crippen molar-refractivity contribution in [2.24, 2.45) is 4.99 Å². The highest BCUT2D eigenvalue weighted by atomic mass is 16.3. The Kier molecular flexibility index (Phi) is 6.67. The molecule has 0 radical (unpaired) electrons. The molecular weight excluding hydrogens is 512 g/mol. The lowest BCUT2D eigenvalue weighted by Crippen LogP contribution is -1.98. The van der Waals surface area contributed by atoms with Crippen molar-refractivity contribution in [1.29, 1.82) is 0 Å². The molecule has 42 heavy (non-hydrogen) atoms. The predicted molar refractivity (Wildman–Crippen MR) is 173 cm³/mol. The van der Waals surface area contributed by atoms with Gasteiger partial charge in [0.15, 0.2) is 0 Å². The van der Waals surface area contributed by atoms with Crippen molar-refractivity contribution in [1.82, 2.24) is 4.98 Å². The highest BCUT2D eigenvalue weighted by molar-refractivity contribution is 6.20. The molecule has 5 aromatic carbocycles. The number of H-pyrrole nitrogens is 1. The van der Waals surface area contributed by atoms with E-state index in [1.807, 2.05) is 48.5 Å².